The van der Waals surface area contributed by atoms with Crippen molar-refractivity contribution in [1.29, 1.82) is 0 Å². The van der Waals surface area contributed by atoms with Gasteiger partial charge in [-0.05, 0) is 12.5 Å². The van der Waals surface area contributed by atoms with Crippen molar-refractivity contribution in [2.45, 2.75) is 26.3 Å². The highest BCUT2D eigenvalue weighted by molar-refractivity contribution is 5.34. The average molecular weight is 166 g/mol. The number of aryl methyl sites for hydroxylation is 1. The predicted molar refractivity (Wildman–Crippen MR) is 50.0 cm³/mol. The molecule has 1 aromatic rings. The molecule has 1 aromatic heterocycles. The molecule has 66 valence electrons. The molecule has 0 spiro atoms. The summed E-state index contributed by atoms with van der Waals surface area (Å²) in [6.07, 6.45) is 3.87. The summed E-state index contributed by atoms with van der Waals surface area (Å²) < 4.78 is 1.68. The number of pyridine rings is 1. The Morgan fingerprint density at radius 2 is 2.33 bits per heavy atom. The van der Waals surface area contributed by atoms with Gasteiger partial charge in [-0.2, -0.15) is 0 Å². The van der Waals surface area contributed by atoms with Crippen LogP contribution < -0.4 is 11.3 Å². The molecule has 0 saturated heterocycles. The molecule has 3 heteroatoms. The van der Waals surface area contributed by atoms with Gasteiger partial charge >= 0.3 is 0 Å². The van der Waals surface area contributed by atoms with Crippen molar-refractivity contribution < 1.29 is 0 Å². The van der Waals surface area contributed by atoms with Gasteiger partial charge < -0.3 is 10.3 Å². The fraction of sp³-hybridized carbons (Fsp3) is 0.444. The van der Waals surface area contributed by atoms with Crippen LogP contribution in [0.25, 0.3) is 0 Å². The monoisotopic (exact) mass is 166 g/mol. The maximum Gasteiger partial charge on any atom is 0.252 e. The van der Waals surface area contributed by atoms with Gasteiger partial charge in [0, 0.05) is 24.5 Å². The van der Waals surface area contributed by atoms with Crippen LogP contribution in [-0.4, -0.2) is 4.57 Å². The molecule has 3 nitrogen and oxygen atoms in total. The zero-order valence-corrected chi connectivity index (χ0v) is 7.29. The van der Waals surface area contributed by atoms with Crippen molar-refractivity contribution in [2.24, 2.45) is 0 Å². The van der Waals surface area contributed by atoms with Crippen LogP contribution in [0, 0.1) is 0 Å². The second-order valence-electron chi connectivity index (χ2n) is 2.85. The Labute approximate surface area is 71.8 Å². The number of aromatic nitrogens is 1. The highest BCUT2D eigenvalue weighted by atomic mass is 16.1. The first-order valence-electron chi connectivity index (χ1n) is 4.20. The van der Waals surface area contributed by atoms with Crippen LogP contribution >= 0.6 is 0 Å². The normalized spacial score (nSPS) is 10.1. The third-order valence-corrected chi connectivity index (χ3v) is 1.77. The second kappa shape index (κ2) is 3.95. The minimum atomic E-state index is -0.0107. The van der Waals surface area contributed by atoms with Crippen LogP contribution in [0.15, 0.2) is 23.1 Å². The first-order chi connectivity index (χ1) is 5.74. The summed E-state index contributed by atoms with van der Waals surface area (Å²) in [5.74, 6) is 0. The summed E-state index contributed by atoms with van der Waals surface area (Å²) in [5, 5.41) is 0. The Morgan fingerprint density at radius 3 is 2.92 bits per heavy atom. The van der Waals surface area contributed by atoms with E-state index in [2.05, 4.69) is 6.92 Å². The van der Waals surface area contributed by atoms with Gasteiger partial charge in [0.05, 0.1) is 0 Å². The molecule has 0 radical (unpaired) electrons. The molecule has 0 aliphatic heterocycles. The second-order valence-corrected chi connectivity index (χ2v) is 2.85. The summed E-state index contributed by atoms with van der Waals surface area (Å²) >= 11 is 0. The molecular formula is C9H14N2O. The first-order valence-corrected chi connectivity index (χ1v) is 4.20. The van der Waals surface area contributed by atoms with E-state index in [0.717, 1.165) is 19.4 Å². The van der Waals surface area contributed by atoms with Crippen LogP contribution in [0.5, 0.6) is 0 Å². The number of anilines is 1. The number of unbranched alkanes of at least 4 members (excludes halogenated alkanes) is 1. The number of hydrogen-bond donors (Lipinski definition) is 1. The molecule has 0 atom stereocenters. The minimum absolute atomic E-state index is 0.0107. The number of rotatable bonds is 3. The molecule has 2 N–H and O–H groups in total. The Bertz CT molecular complexity index is 304. The van der Waals surface area contributed by atoms with Crippen molar-refractivity contribution in [1.82, 2.24) is 4.57 Å². The lowest BCUT2D eigenvalue weighted by Gasteiger charge is -2.03. The van der Waals surface area contributed by atoms with Gasteiger partial charge in [0.15, 0.2) is 0 Å². The molecule has 0 fully saturated rings. The van der Waals surface area contributed by atoms with Crippen molar-refractivity contribution in [3.8, 4) is 0 Å². The topological polar surface area (TPSA) is 48.0 Å². The van der Waals surface area contributed by atoms with Gasteiger partial charge in [0.2, 0.25) is 0 Å². The minimum Gasteiger partial charge on any atom is -0.399 e. The van der Waals surface area contributed by atoms with E-state index in [9.17, 15) is 4.79 Å². The lowest BCUT2D eigenvalue weighted by molar-refractivity contribution is 0.613. The molecule has 0 aliphatic carbocycles. The number of hydrogen-bond acceptors (Lipinski definition) is 2. The molecule has 1 heterocycles. The lowest BCUT2D eigenvalue weighted by atomic mass is 10.3. The van der Waals surface area contributed by atoms with E-state index >= 15 is 0 Å². The van der Waals surface area contributed by atoms with Gasteiger partial charge in [-0.3, -0.25) is 4.79 Å². The smallest absolute Gasteiger partial charge is 0.252 e. The van der Waals surface area contributed by atoms with E-state index in [1.807, 2.05) is 0 Å². The van der Waals surface area contributed by atoms with Crippen LogP contribution in [0.1, 0.15) is 19.8 Å². The molecule has 0 saturated carbocycles. The van der Waals surface area contributed by atoms with E-state index in [1.54, 1.807) is 16.8 Å². The van der Waals surface area contributed by atoms with Crippen molar-refractivity contribution in [2.75, 3.05) is 5.73 Å². The first kappa shape index (κ1) is 8.84. The fourth-order valence-electron chi connectivity index (χ4n) is 1.04. The van der Waals surface area contributed by atoms with Crippen molar-refractivity contribution >= 4 is 5.69 Å². The predicted octanol–water partition coefficient (Wildman–Crippen LogP) is 1.23. The average Bonchev–Trinajstić information content (AvgIpc) is 2.03. The van der Waals surface area contributed by atoms with Crippen LogP contribution in [-0.2, 0) is 6.54 Å². The molecule has 0 aliphatic rings. The summed E-state index contributed by atoms with van der Waals surface area (Å²) in [5.41, 5.74) is 5.97. The number of nitrogen functional groups attached to an aromatic ring is 1. The van der Waals surface area contributed by atoms with E-state index in [1.165, 1.54) is 6.07 Å². The Kier molecular flexibility index (Phi) is 2.91. The SMILES string of the molecule is CCCCn1ccc(N)cc1=O. The van der Waals surface area contributed by atoms with Crippen LogP contribution in [0.4, 0.5) is 5.69 Å². The maximum atomic E-state index is 11.2. The maximum absolute atomic E-state index is 11.2. The van der Waals surface area contributed by atoms with E-state index < -0.39 is 0 Å². The standard InChI is InChI=1S/C9H14N2O/c1-2-3-5-11-6-4-8(10)7-9(11)12/h4,6-7H,2-3,5,10H2,1H3. The van der Waals surface area contributed by atoms with E-state index in [4.69, 9.17) is 5.73 Å². The molecule has 0 unspecified atom stereocenters. The zero-order chi connectivity index (χ0) is 8.97. The highest BCUT2D eigenvalue weighted by Gasteiger charge is 1.94. The largest absolute Gasteiger partial charge is 0.399 e. The quantitative estimate of drug-likeness (QED) is 0.734. The van der Waals surface area contributed by atoms with Crippen LogP contribution in [0.2, 0.25) is 0 Å². The molecule has 0 amide bonds. The van der Waals surface area contributed by atoms with Gasteiger partial charge in [-0.15, -0.1) is 0 Å². The van der Waals surface area contributed by atoms with Gasteiger partial charge in [-0.1, -0.05) is 13.3 Å². The third-order valence-electron chi connectivity index (χ3n) is 1.77. The summed E-state index contributed by atoms with van der Waals surface area (Å²) in [4.78, 5) is 11.2. The van der Waals surface area contributed by atoms with Crippen molar-refractivity contribution in [3.05, 3.63) is 28.7 Å². The third kappa shape index (κ3) is 2.12. The molecule has 0 aromatic carbocycles. The van der Waals surface area contributed by atoms with E-state index in [-0.39, 0.29) is 5.56 Å². The molecule has 0 bridgehead atoms. The van der Waals surface area contributed by atoms with Crippen LogP contribution in [0.3, 0.4) is 0 Å². The Balaban J connectivity index is 2.80. The zero-order valence-electron chi connectivity index (χ0n) is 7.29. The Hall–Kier alpha value is -1.25. The summed E-state index contributed by atoms with van der Waals surface area (Å²) in [6.45, 7) is 2.89. The highest BCUT2D eigenvalue weighted by Crippen LogP contribution is 1.96. The van der Waals surface area contributed by atoms with Gasteiger partial charge in [0.25, 0.3) is 5.56 Å². The number of nitrogens with zero attached hydrogens (tertiary/aromatic N) is 1. The fourth-order valence-corrected chi connectivity index (χ4v) is 1.04. The Morgan fingerprint density at radius 1 is 1.58 bits per heavy atom. The van der Waals surface area contributed by atoms with Gasteiger partial charge in [-0.25, -0.2) is 0 Å². The van der Waals surface area contributed by atoms with Gasteiger partial charge in [0.1, 0.15) is 0 Å². The lowest BCUT2D eigenvalue weighted by Crippen LogP contribution is -2.18. The molecule has 12 heavy (non-hydrogen) atoms. The summed E-state index contributed by atoms with van der Waals surface area (Å²) in [7, 11) is 0. The summed E-state index contributed by atoms with van der Waals surface area (Å²) in [6, 6.07) is 3.20. The molecule has 1 rings (SSSR count). The van der Waals surface area contributed by atoms with E-state index in [0.29, 0.717) is 5.69 Å². The number of nitrogens with two attached hydrogens (primary N) is 1. The molecular weight excluding hydrogens is 152 g/mol. The van der Waals surface area contributed by atoms with Crippen molar-refractivity contribution in [3.63, 3.8) is 0 Å².